The average molecular weight is 165 g/mol. The van der Waals surface area contributed by atoms with Crippen LogP contribution in [0.1, 0.15) is 30.5 Å². The number of hydrogen-bond acceptors (Lipinski definition) is 2. The van der Waals surface area contributed by atoms with E-state index in [4.69, 9.17) is 5.73 Å². The zero-order valence-corrected chi connectivity index (χ0v) is 7.67. The summed E-state index contributed by atoms with van der Waals surface area (Å²) in [6, 6.07) is 0. The maximum Gasteiger partial charge on any atom is 0.0543 e. The molecular weight excluding hydrogens is 150 g/mol. The highest BCUT2D eigenvalue weighted by Crippen LogP contribution is 2.39. The molecule has 1 heterocycles. The van der Waals surface area contributed by atoms with Gasteiger partial charge in [0, 0.05) is 23.8 Å². The van der Waals surface area contributed by atoms with E-state index in [0.29, 0.717) is 0 Å². The maximum absolute atomic E-state index is 6.18. The van der Waals surface area contributed by atoms with Gasteiger partial charge >= 0.3 is 0 Å². The van der Waals surface area contributed by atoms with E-state index < -0.39 is 0 Å². The lowest BCUT2D eigenvalue weighted by molar-refractivity contribution is 0.252. The minimum atomic E-state index is -0.0572. The minimum Gasteiger partial charge on any atom is -0.321 e. The molecule has 0 saturated heterocycles. The second-order valence-electron chi connectivity index (χ2n) is 3.78. The Morgan fingerprint density at radius 1 is 1.58 bits per heavy atom. The molecule has 2 rings (SSSR count). The zero-order chi connectivity index (χ0) is 8.77. The van der Waals surface area contributed by atoms with Crippen molar-refractivity contribution in [2.75, 3.05) is 0 Å². The Morgan fingerprint density at radius 2 is 2.25 bits per heavy atom. The molecule has 3 heteroatoms. The SMILES string of the molecule is Cc1c(C2(N)CCC2)cnn1C. The van der Waals surface area contributed by atoms with Crippen LogP contribution in [0.2, 0.25) is 0 Å². The van der Waals surface area contributed by atoms with Gasteiger partial charge in [0.05, 0.1) is 6.20 Å². The van der Waals surface area contributed by atoms with Crippen LogP contribution in [0.5, 0.6) is 0 Å². The topological polar surface area (TPSA) is 43.8 Å². The number of hydrogen-bond donors (Lipinski definition) is 1. The van der Waals surface area contributed by atoms with Gasteiger partial charge < -0.3 is 5.73 Å². The van der Waals surface area contributed by atoms with E-state index >= 15 is 0 Å². The van der Waals surface area contributed by atoms with Gasteiger partial charge in [-0.15, -0.1) is 0 Å². The molecule has 1 saturated carbocycles. The summed E-state index contributed by atoms with van der Waals surface area (Å²) in [6.07, 6.45) is 5.39. The third-order valence-corrected chi connectivity index (χ3v) is 3.02. The van der Waals surface area contributed by atoms with Crippen molar-refractivity contribution in [2.45, 2.75) is 31.7 Å². The summed E-state index contributed by atoms with van der Waals surface area (Å²) in [5, 5.41) is 4.20. The van der Waals surface area contributed by atoms with Gasteiger partial charge in [0.1, 0.15) is 0 Å². The summed E-state index contributed by atoms with van der Waals surface area (Å²) in [6.45, 7) is 2.08. The summed E-state index contributed by atoms with van der Waals surface area (Å²) in [4.78, 5) is 0. The smallest absolute Gasteiger partial charge is 0.0543 e. The molecule has 12 heavy (non-hydrogen) atoms. The van der Waals surface area contributed by atoms with Crippen molar-refractivity contribution in [2.24, 2.45) is 12.8 Å². The fourth-order valence-corrected chi connectivity index (χ4v) is 1.81. The summed E-state index contributed by atoms with van der Waals surface area (Å²) >= 11 is 0. The van der Waals surface area contributed by atoms with Crippen molar-refractivity contribution in [1.82, 2.24) is 9.78 Å². The predicted molar refractivity (Wildman–Crippen MR) is 47.7 cm³/mol. The van der Waals surface area contributed by atoms with Crippen molar-refractivity contribution < 1.29 is 0 Å². The Kier molecular flexibility index (Phi) is 1.51. The first-order chi connectivity index (χ1) is 5.63. The molecule has 66 valence electrons. The van der Waals surface area contributed by atoms with Crippen molar-refractivity contribution in [3.8, 4) is 0 Å². The first kappa shape index (κ1) is 7.80. The average Bonchev–Trinajstić information content (AvgIpc) is 2.29. The molecule has 0 atom stereocenters. The first-order valence-corrected chi connectivity index (χ1v) is 4.41. The molecule has 1 aromatic rings. The Morgan fingerprint density at radius 3 is 2.58 bits per heavy atom. The molecule has 1 aliphatic rings. The van der Waals surface area contributed by atoms with Crippen LogP contribution in [0.3, 0.4) is 0 Å². The highest BCUT2D eigenvalue weighted by molar-refractivity contribution is 5.27. The molecular formula is C9H15N3. The fraction of sp³-hybridized carbons (Fsp3) is 0.667. The lowest BCUT2D eigenvalue weighted by Gasteiger charge is -2.38. The van der Waals surface area contributed by atoms with E-state index in [1.807, 2.05) is 17.9 Å². The molecule has 0 bridgehead atoms. The number of nitrogens with zero attached hydrogens (tertiary/aromatic N) is 2. The third-order valence-electron chi connectivity index (χ3n) is 3.02. The molecule has 0 aromatic carbocycles. The van der Waals surface area contributed by atoms with E-state index in [0.717, 1.165) is 12.8 Å². The zero-order valence-electron chi connectivity index (χ0n) is 7.67. The first-order valence-electron chi connectivity index (χ1n) is 4.41. The summed E-state index contributed by atoms with van der Waals surface area (Å²) in [5.41, 5.74) is 8.57. The Balaban J connectivity index is 2.39. The van der Waals surface area contributed by atoms with Crippen LogP contribution < -0.4 is 5.73 Å². The molecule has 1 aliphatic carbocycles. The monoisotopic (exact) mass is 165 g/mol. The third kappa shape index (κ3) is 0.894. The van der Waals surface area contributed by atoms with Gasteiger partial charge in [-0.25, -0.2) is 0 Å². The van der Waals surface area contributed by atoms with Gasteiger partial charge in [-0.3, -0.25) is 4.68 Å². The summed E-state index contributed by atoms with van der Waals surface area (Å²) in [7, 11) is 1.96. The van der Waals surface area contributed by atoms with Crippen molar-refractivity contribution >= 4 is 0 Å². The van der Waals surface area contributed by atoms with E-state index in [2.05, 4.69) is 12.0 Å². The quantitative estimate of drug-likeness (QED) is 0.676. The number of aromatic nitrogens is 2. The molecule has 3 nitrogen and oxygen atoms in total. The largest absolute Gasteiger partial charge is 0.321 e. The van der Waals surface area contributed by atoms with E-state index in [9.17, 15) is 0 Å². The van der Waals surface area contributed by atoms with Crippen LogP contribution >= 0.6 is 0 Å². The molecule has 0 spiro atoms. The molecule has 2 N–H and O–H groups in total. The van der Waals surface area contributed by atoms with Crippen molar-refractivity contribution in [3.05, 3.63) is 17.5 Å². The van der Waals surface area contributed by atoms with E-state index in [1.54, 1.807) is 0 Å². The Labute approximate surface area is 72.6 Å². The van der Waals surface area contributed by atoms with Crippen molar-refractivity contribution in [1.29, 1.82) is 0 Å². The summed E-state index contributed by atoms with van der Waals surface area (Å²) in [5.74, 6) is 0. The molecule has 1 aromatic heterocycles. The van der Waals surface area contributed by atoms with Crippen molar-refractivity contribution in [3.63, 3.8) is 0 Å². The van der Waals surface area contributed by atoms with Crippen LogP contribution in [0, 0.1) is 6.92 Å². The van der Waals surface area contributed by atoms with Crippen LogP contribution in [-0.4, -0.2) is 9.78 Å². The van der Waals surface area contributed by atoms with Crippen LogP contribution in [0.15, 0.2) is 6.20 Å². The van der Waals surface area contributed by atoms with E-state index in [-0.39, 0.29) is 5.54 Å². The van der Waals surface area contributed by atoms with Gasteiger partial charge in [-0.05, 0) is 26.2 Å². The number of rotatable bonds is 1. The Bertz CT molecular complexity index is 297. The highest BCUT2D eigenvalue weighted by Gasteiger charge is 2.36. The van der Waals surface area contributed by atoms with Gasteiger partial charge in [-0.2, -0.15) is 5.10 Å². The molecule has 0 aliphatic heterocycles. The normalized spacial score (nSPS) is 20.6. The lowest BCUT2D eigenvalue weighted by atomic mass is 9.73. The number of aryl methyl sites for hydroxylation is 1. The molecule has 0 radical (unpaired) electrons. The molecule has 0 unspecified atom stereocenters. The predicted octanol–water partition coefficient (Wildman–Crippen LogP) is 1.07. The second-order valence-corrected chi connectivity index (χ2v) is 3.78. The Hall–Kier alpha value is -0.830. The lowest BCUT2D eigenvalue weighted by Crippen LogP contribution is -2.43. The summed E-state index contributed by atoms with van der Waals surface area (Å²) < 4.78 is 1.89. The molecule has 0 amide bonds. The molecule has 1 fully saturated rings. The second kappa shape index (κ2) is 2.33. The van der Waals surface area contributed by atoms with Crippen LogP contribution in [0.25, 0.3) is 0 Å². The van der Waals surface area contributed by atoms with E-state index in [1.165, 1.54) is 17.7 Å². The number of nitrogens with two attached hydrogens (primary N) is 1. The highest BCUT2D eigenvalue weighted by atomic mass is 15.3. The fourth-order valence-electron chi connectivity index (χ4n) is 1.81. The standard InChI is InChI=1S/C9H15N3/c1-7-8(6-11-12(7)2)9(10)4-3-5-9/h6H,3-5,10H2,1-2H3. The minimum absolute atomic E-state index is 0.0572. The maximum atomic E-state index is 6.18. The van der Waals surface area contributed by atoms with Crippen LogP contribution in [0.4, 0.5) is 0 Å². The van der Waals surface area contributed by atoms with Gasteiger partial charge in [-0.1, -0.05) is 0 Å². The van der Waals surface area contributed by atoms with Crippen LogP contribution in [-0.2, 0) is 12.6 Å². The van der Waals surface area contributed by atoms with Gasteiger partial charge in [0.15, 0.2) is 0 Å². The van der Waals surface area contributed by atoms with Gasteiger partial charge in [0.25, 0.3) is 0 Å². The van der Waals surface area contributed by atoms with Gasteiger partial charge in [0.2, 0.25) is 0 Å².